The number of hydrogen-bond acceptors (Lipinski definition) is 5. The molecule has 2 heterocycles. The van der Waals surface area contributed by atoms with Crippen molar-refractivity contribution < 1.29 is 10.7 Å². The average molecular weight is 421 g/mol. The topological polar surface area (TPSA) is 85.9 Å². The van der Waals surface area contributed by atoms with Crippen LogP contribution in [-0.4, -0.2) is 25.8 Å². The molecule has 1 aliphatic carbocycles. The van der Waals surface area contributed by atoms with Crippen molar-refractivity contribution in [1.29, 1.82) is 0 Å². The Labute approximate surface area is 181 Å². The van der Waals surface area contributed by atoms with E-state index in [1.54, 1.807) is 0 Å². The molecule has 4 aromatic rings. The van der Waals surface area contributed by atoms with Gasteiger partial charge in [0.05, 0.1) is 17.1 Å². The highest BCUT2D eigenvalue weighted by atomic mass is 16.5. The van der Waals surface area contributed by atoms with E-state index in [2.05, 4.69) is 63.5 Å². The van der Waals surface area contributed by atoms with Gasteiger partial charge in [0, 0.05) is 26.9 Å². The smallest absolute Gasteiger partial charge is 0.438 e. The second-order valence-electron chi connectivity index (χ2n) is 8.48. The first-order chi connectivity index (χ1) is 15.0. The molecule has 31 heavy (non-hydrogen) atoms. The number of nitrogens with zero attached hydrogens (tertiary/aromatic N) is 3. The first-order valence-corrected chi connectivity index (χ1v) is 10.8. The summed E-state index contributed by atoms with van der Waals surface area (Å²) >= 11 is 0. The van der Waals surface area contributed by atoms with Gasteiger partial charge >= 0.3 is 5.76 Å². The number of imidazole rings is 1. The highest BCUT2D eigenvalue weighted by Crippen LogP contribution is 2.33. The maximum Gasteiger partial charge on any atom is 0.438 e. The van der Waals surface area contributed by atoms with Gasteiger partial charge in [-0.3, -0.25) is 9.51 Å². The first-order valence-electron chi connectivity index (χ1n) is 10.8. The Morgan fingerprint density at radius 1 is 1.19 bits per heavy atom. The first kappa shape index (κ1) is 19.6. The van der Waals surface area contributed by atoms with Crippen LogP contribution in [0.3, 0.4) is 0 Å². The van der Waals surface area contributed by atoms with E-state index in [9.17, 15) is 4.79 Å². The number of hydrogen-bond donors (Lipinski definition) is 1. The van der Waals surface area contributed by atoms with Crippen LogP contribution in [0.4, 0.5) is 0 Å². The van der Waals surface area contributed by atoms with Gasteiger partial charge in [0.25, 0.3) is 0 Å². The summed E-state index contributed by atoms with van der Waals surface area (Å²) in [5, 5.41) is 3.83. The molecule has 1 fully saturated rings. The fourth-order valence-electron chi connectivity index (χ4n) is 4.53. The van der Waals surface area contributed by atoms with Gasteiger partial charge in [-0.15, -0.1) is 0 Å². The molecular formula is C24H28N4O3. The number of fused-ring (bicyclic) bond motifs is 1. The van der Waals surface area contributed by atoms with Crippen LogP contribution in [0, 0.1) is 6.92 Å². The molecule has 2 aromatic carbocycles. The number of aromatic nitrogens is 4. The van der Waals surface area contributed by atoms with Crippen molar-refractivity contribution in [2.24, 2.45) is 7.05 Å². The molecule has 0 saturated heterocycles. The van der Waals surface area contributed by atoms with E-state index in [1.807, 2.05) is 12.1 Å². The predicted molar refractivity (Wildman–Crippen MR) is 120 cm³/mol. The van der Waals surface area contributed by atoms with Crippen LogP contribution in [0.1, 0.15) is 55.8 Å². The maximum atomic E-state index is 11.2. The zero-order valence-electron chi connectivity index (χ0n) is 17.8. The number of aryl methyl sites for hydroxylation is 2. The summed E-state index contributed by atoms with van der Waals surface area (Å²) in [5.74, 6) is 2.29. The highest BCUT2D eigenvalue weighted by Gasteiger charge is 2.26. The third-order valence-electron chi connectivity index (χ3n) is 6.21. The normalized spacial score (nSPS) is 19.0. The summed E-state index contributed by atoms with van der Waals surface area (Å²) in [7, 11) is 2.07. The van der Waals surface area contributed by atoms with Gasteiger partial charge in [-0.25, -0.2) is 9.78 Å². The molecule has 1 aliphatic rings. The Bertz CT molecular complexity index is 1270. The van der Waals surface area contributed by atoms with E-state index in [0.717, 1.165) is 54.7 Å². The average Bonchev–Trinajstić information content (AvgIpc) is 3.32. The Hall–Kier alpha value is -3.35. The van der Waals surface area contributed by atoms with Crippen molar-refractivity contribution in [2.75, 3.05) is 0 Å². The highest BCUT2D eigenvalue weighted by molar-refractivity contribution is 5.77. The van der Waals surface area contributed by atoms with E-state index in [1.165, 1.54) is 11.1 Å². The fourth-order valence-corrected chi connectivity index (χ4v) is 4.53. The van der Waals surface area contributed by atoms with Gasteiger partial charge in [0.1, 0.15) is 11.6 Å². The molecule has 162 valence electrons. The summed E-state index contributed by atoms with van der Waals surface area (Å²) in [4.78, 5) is 18.7. The standard InChI is InChI=1S/C24H26N4O3.H2/c1-15-4-3-5-16(12-15)13-22-25-20-14-19(10-11-21(20)28(22)2)30-18-8-6-17(7-9-18)23-26-24(29)31-27-23;/h3-5,10-12,14,17-18H,6-9,13H2,1-2H3,(H,26,27,29);1H. The minimum Gasteiger partial charge on any atom is -0.490 e. The van der Waals surface area contributed by atoms with E-state index >= 15 is 0 Å². The molecule has 0 unspecified atom stereocenters. The van der Waals surface area contributed by atoms with Crippen LogP contribution in [0.2, 0.25) is 0 Å². The third-order valence-corrected chi connectivity index (χ3v) is 6.21. The van der Waals surface area contributed by atoms with Gasteiger partial charge in [0.2, 0.25) is 0 Å². The SMILES string of the molecule is Cc1cccc(Cc2nc3cc(OC4CCC(c5noc(=O)[nH]5)CC4)ccc3n2C)c1.[HH]. The molecule has 1 saturated carbocycles. The lowest BCUT2D eigenvalue weighted by molar-refractivity contribution is 0.144. The second-order valence-corrected chi connectivity index (χ2v) is 8.48. The van der Waals surface area contributed by atoms with Gasteiger partial charge in [-0.05, 0) is 50.3 Å². The van der Waals surface area contributed by atoms with Crippen LogP contribution >= 0.6 is 0 Å². The minimum absolute atomic E-state index is 0. The molecule has 7 nitrogen and oxygen atoms in total. The van der Waals surface area contributed by atoms with E-state index in [4.69, 9.17) is 9.72 Å². The fraction of sp³-hybridized carbons (Fsp3) is 0.375. The summed E-state index contributed by atoms with van der Waals surface area (Å²) in [6, 6.07) is 14.7. The van der Waals surface area contributed by atoms with Crippen LogP contribution in [0.15, 0.2) is 51.8 Å². The number of ether oxygens (including phenoxy) is 1. The molecule has 0 radical (unpaired) electrons. The Morgan fingerprint density at radius 2 is 2.03 bits per heavy atom. The Morgan fingerprint density at radius 3 is 2.77 bits per heavy atom. The molecule has 5 rings (SSSR count). The lowest BCUT2D eigenvalue weighted by atomic mass is 9.87. The Kier molecular flexibility index (Phi) is 5.10. The molecule has 0 atom stereocenters. The molecule has 7 heteroatoms. The van der Waals surface area contributed by atoms with Gasteiger partial charge in [0.15, 0.2) is 5.82 Å². The molecule has 0 amide bonds. The lowest BCUT2D eigenvalue weighted by Gasteiger charge is -2.27. The molecule has 0 spiro atoms. The zero-order valence-corrected chi connectivity index (χ0v) is 17.8. The van der Waals surface area contributed by atoms with Crippen molar-refractivity contribution in [1.82, 2.24) is 19.7 Å². The van der Waals surface area contributed by atoms with Crippen LogP contribution in [-0.2, 0) is 13.5 Å². The minimum atomic E-state index is -0.487. The van der Waals surface area contributed by atoms with Crippen molar-refractivity contribution in [2.45, 2.75) is 51.0 Å². The maximum absolute atomic E-state index is 11.2. The van der Waals surface area contributed by atoms with Crippen molar-refractivity contribution in [3.8, 4) is 5.75 Å². The van der Waals surface area contributed by atoms with E-state index in [0.29, 0.717) is 5.82 Å². The Balaban J connectivity index is 0.00000245. The van der Waals surface area contributed by atoms with E-state index in [-0.39, 0.29) is 13.4 Å². The molecule has 0 bridgehead atoms. The number of nitrogens with one attached hydrogen (secondary N) is 1. The third kappa shape index (κ3) is 4.13. The summed E-state index contributed by atoms with van der Waals surface area (Å²) < 4.78 is 13.1. The van der Waals surface area contributed by atoms with Crippen LogP contribution in [0.5, 0.6) is 5.75 Å². The number of rotatable bonds is 5. The molecule has 0 aliphatic heterocycles. The van der Waals surface area contributed by atoms with Gasteiger partial charge in [-0.2, -0.15) is 0 Å². The molecular weight excluding hydrogens is 392 g/mol. The van der Waals surface area contributed by atoms with E-state index < -0.39 is 5.76 Å². The second kappa shape index (κ2) is 8.06. The van der Waals surface area contributed by atoms with Gasteiger partial charge in [-0.1, -0.05) is 35.0 Å². The van der Waals surface area contributed by atoms with Crippen LogP contribution < -0.4 is 10.5 Å². The number of benzene rings is 2. The number of aromatic amines is 1. The summed E-state index contributed by atoms with van der Waals surface area (Å²) in [6.07, 6.45) is 4.62. The van der Waals surface area contributed by atoms with Crippen molar-refractivity contribution >= 4 is 11.0 Å². The van der Waals surface area contributed by atoms with Crippen molar-refractivity contribution in [3.63, 3.8) is 0 Å². The van der Waals surface area contributed by atoms with Crippen molar-refractivity contribution in [3.05, 3.63) is 75.8 Å². The van der Waals surface area contributed by atoms with Crippen LogP contribution in [0.25, 0.3) is 11.0 Å². The monoisotopic (exact) mass is 420 g/mol. The summed E-state index contributed by atoms with van der Waals surface area (Å²) in [5.41, 5.74) is 4.59. The largest absolute Gasteiger partial charge is 0.490 e. The zero-order chi connectivity index (χ0) is 21.4. The number of H-pyrrole nitrogens is 1. The quantitative estimate of drug-likeness (QED) is 0.514. The molecule has 1 N–H and O–H groups in total. The van der Waals surface area contributed by atoms with Gasteiger partial charge < -0.3 is 9.30 Å². The predicted octanol–water partition coefficient (Wildman–Crippen LogP) is 4.50. The molecule has 2 aromatic heterocycles. The summed E-state index contributed by atoms with van der Waals surface area (Å²) in [6.45, 7) is 2.11. The lowest BCUT2D eigenvalue weighted by Crippen LogP contribution is -2.24.